The van der Waals surface area contributed by atoms with Crippen LogP contribution in [0.3, 0.4) is 0 Å². The normalized spacial score (nSPS) is 23.3. The smallest absolute Gasteiger partial charge is 0.225 e. The van der Waals surface area contributed by atoms with Crippen molar-refractivity contribution in [1.82, 2.24) is 5.32 Å². The minimum Gasteiger partial charge on any atom is -0.371 e. The lowest BCUT2D eigenvalue weighted by molar-refractivity contribution is -0.125. The molecule has 1 aromatic rings. The molecule has 0 spiro atoms. The number of rotatable bonds is 3. The number of anilines is 1. The van der Waals surface area contributed by atoms with Gasteiger partial charge in [0, 0.05) is 29.8 Å². The van der Waals surface area contributed by atoms with Gasteiger partial charge in [-0.15, -0.1) is 0 Å². The van der Waals surface area contributed by atoms with Crippen LogP contribution in [0.4, 0.5) is 5.69 Å². The zero-order chi connectivity index (χ0) is 14.7. The van der Waals surface area contributed by atoms with E-state index in [9.17, 15) is 4.79 Å². The molecule has 1 heterocycles. The number of carbonyl (C=O) groups is 1. The van der Waals surface area contributed by atoms with Gasteiger partial charge in [-0.2, -0.15) is 0 Å². The first kappa shape index (κ1) is 14.7. The van der Waals surface area contributed by atoms with E-state index in [0.29, 0.717) is 6.04 Å². The third-order valence-electron chi connectivity index (χ3n) is 4.68. The SMILES string of the molecule is O=C(NC1CCCCC1)[C@H]1CCN(c2cccc(Cl)c2)C1. The second-order valence-electron chi connectivity index (χ2n) is 6.26. The fourth-order valence-electron chi connectivity index (χ4n) is 3.45. The monoisotopic (exact) mass is 306 g/mol. The molecule has 3 rings (SSSR count). The van der Waals surface area contributed by atoms with Gasteiger partial charge in [-0.05, 0) is 37.5 Å². The largest absolute Gasteiger partial charge is 0.371 e. The predicted octanol–water partition coefficient (Wildman–Crippen LogP) is 3.62. The number of carbonyl (C=O) groups excluding carboxylic acids is 1. The quantitative estimate of drug-likeness (QED) is 0.925. The second kappa shape index (κ2) is 6.69. The van der Waals surface area contributed by atoms with Gasteiger partial charge >= 0.3 is 0 Å². The number of hydrogen-bond donors (Lipinski definition) is 1. The summed E-state index contributed by atoms with van der Waals surface area (Å²) in [7, 11) is 0. The summed E-state index contributed by atoms with van der Waals surface area (Å²) in [5.74, 6) is 0.359. The molecule has 1 amide bonds. The lowest BCUT2D eigenvalue weighted by atomic mass is 9.95. The molecule has 1 aliphatic heterocycles. The zero-order valence-electron chi connectivity index (χ0n) is 12.4. The van der Waals surface area contributed by atoms with Gasteiger partial charge in [-0.3, -0.25) is 4.79 Å². The molecule has 1 aliphatic carbocycles. The number of hydrogen-bond acceptors (Lipinski definition) is 2. The first-order valence-electron chi connectivity index (χ1n) is 8.03. The van der Waals surface area contributed by atoms with Crippen LogP contribution in [0, 0.1) is 5.92 Å². The predicted molar refractivity (Wildman–Crippen MR) is 86.8 cm³/mol. The van der Waals surface area contributed by atoms with E-state index in [1.807, 2.05) is 18.2 Å². The van der Waals surface area contributed by atoms with E-state index in [1.54, 1.807) is 0 Å². The molecule has 1 aromatic carbocycles. The maximum Gasteiger partial charge on any atom is 0.225 e. The molecule has 1 atom stereocenters. The number of benzene rings is 1. The summed E-state index contributed by atoms with van der Waals surface area (Å²) < 4.78 is 0. The summed E-state index contributed by atoms with van der Waals surface area (Å²) in [5, 5.41) is 4.00. The summed E-state index contributed by atoms with van der Waals surface area (Å²) in [6.07, 6.45) is 7.06. The van der Waals surface area contributed by atoms with Crippen LogP contribution in [-0.4, -0.2) is 25.0 Å². The highest BCUT2D eigenvalue weighted by molar-refractivity contribution is 6.30. The molecule has 4 heteroatoms. The van der Waals surface area contributed by atoms with Crippen LogP contribution in [0.25, 0.3) is 0 Å². The van der Waals surface area contributed by atoms with Crippen molar-refractivity contribution in [3.63, 3.8) is 0 Å². The molecule has 114 valence electrons. The lowest BCUT2D eigenvalue weighted by Gasteiger charge is -2.24. The fraction of sp³-hybridized carbons (Fsp3) is 0.588. The average Bonchev–Trinajstić information content (AvgIpc) is 2.98. The summed E-state index contributed by atoms with van der Waals surface area (Å²) in [4.78, 5) is 14.7. The van der Waals surface area contributed by atoms with Crippen LogP contribution in [0.15, 0.2) is 24.3 Å². The van der Waals surface area contributed by atoms with Gasteiger partial charge in [0.15, 0.2) is 0 Å². The van der Waals surface area contributed by atoms with E-state index < -0.39 is 0 Å². The van der Waals surface area contributed by atoms with Crippen molar-refractivity contribution in [1.29, 1.82) is 0 Å². The van der Waals surface area contributed by atoms with Gasteiger partial charge in [0.25, 0.3) is 0 Å². The fourth-order valence-corrected chi connectivity index (χ4v) is 3.63. The molecular weight excluding hydrogens is 284 g/mol. The Kier molecular flexibility index (Phi) is 4.69. The van der Waals surface area contributed by atoms with E-state index in [2.05, 4.69) is 16.3 Å². The van der Waals surface area contributed by atoms with Gasteiger partial charge in [0.2, 0.25) is 5.91 Å². The van der Waals surface area contributed by atoms with Crippen molar-refractivity contribution < 1.29 is 4.79 Å². The van der Waals surface area contributed by atoms with Crippen molar-refractivity contribution in [3.05, 3.63) is 29.3 Å². The first-order valence-corrected chi connectivity index (χ1v) is 8.41. The number of halogens is 1. The molecule has 2 aliphatic rings. The van der Waals surface area contributed by atoms with E-state index in [-0.39, 0.29) is 11.8 Å². The third-order valence-corrected chi connectivity index (χ3v) is 4.92. The molecule has 1 saturated heterocycles. The molecule has 3 nitrogen and oxygen atoms in total. The lowest BCUT2D eigenvalue weighted by Crippen LogP contribution is -2.40. The highest BCUT2D eigenvalue weighted by Gasteiger charge is 2.29. The molecule has 1 saturated carbocycles. The van der Waals surface area contributed by atoms with Crippen LogP contribution in [0.1, 0.15) is 38.5 Å². The Morgan fingerprint density at radius 1 is 1.19 bits per heavy atom. The third kappa shape index (κ3) is 3.70. The van der Waals surface area contributed by atoms with Gasteiger partial charge in [-0.25, -0.2) is 0 Å². The van der Waals surface area contributed by atoms with Crippen molar-refractivity contribution in [2.75, 3.05) is 18.0 Å². The highest BCUT2D eigenvalue weighted by Crippen LogP contribution is 2.26. The van der Waals surface area contributed by atoms with Crippen LogP contribution in [0.2, 0.25) is 5.02 Å². The zero-order valence-corrected chi connectivity index (χ0v) is 13.1. The van der Waals surface area contributed by atoms with Crippen LogP contribution in [-0.2, 0) is 4.79 Å². The van der Waals surface area contributed by atoms with E-state index in [4.69, 9.17) is 11.6 Å². The number of nitrogens with zero attached hydrogens (tertiary/aromatic N) is 1. The van der Waals surface area contributed by atoms with E-state index in [1.165, 1.54) is 19.3 Å². The second-order valence-corrected chi connectivity index (χ2v) is 6.69. The van der Waals surface area contributed by atoms with Crippen molar-refractivity contribution in [2.24, 2.45) is 5.92 Å². The maximum absolute atomic E-state index is 12.4. The Balaban J connectivity index is 1.55. The summed E-state index contributed by atoms with van der Waals surface area (Å²) in [5.41, 5.74) is 1.12. The van der Waals surface area contributed by atoms with Gasteiger partial charge < -0.3 is 10.2 Å². The van der Waals surface area contributed by atoms with Crippen LogP contribution < -0.4 is 10.2 Å². The summed E-state index contributed by atoms with van der Waals surface area (Å²) >= 11 is 6.05. The average molecular weight is 307 g/mol. The van der Waals surface area contributed by atoms with Crippen LogP contribution in [0.5, 0.6) is 0 Å². The molecule has 1 N–H and O–H groups in total. The van der Waals surface area contributed by atoms with Gasteiger partial charge in [0.05, 0.1) is 5.92 Å². The molecule has 21 heavy (non-hydrogen) atoms. The molecule has 0 aromatic heterocycles. The minimum absolute atomic E-state index is 0.117. The van der Waals surface area contributed by atoms with E-state index in [0.717, 1.165) is 43.1 Å². The maximum atomic E-state index is 12.4. The molecule has 0 unspecified atom stereocenters. The number of amides is 1. The summed E-state index contributed by atoms with van der Waals surface area (Å²) in [6, 6.07) is 8.30. The van der Waals surface area contributed by atoms with Crippen molar-refractivity contribution >= 4 is 23.2 Å². The van der Waals surface area contributed by atoms with Gasteiger partial charge in [-0.1, -0.05) is 36.9 Å². The Morgan fingerprint density at radius 2 is 2.00 bits per heavy atom. The van der Waals surface area contributed by atoms with Crippen molar-refractivity contribution in [3.8, 4) is 0 Å². The number of nitrogens with one attached hydrogen (secondary N) is 1. The molecule has 0 bridgehead atoms. The molecular formula is C17H23ClN2O. The Bertz CT molecular complexity index is 499. The van der Waals surface area contributed by atoms with Crippen LogP contribution >= 0.6 is 11.6 Å². The van der Waals surface area contributed by atoms with Crippen molar-refractivity contribution in [2.45, 2.75) is 44.6 Å². The first-order chi connectivity index (χ1) is 10.2. The Morgan fingerprint density at radius 3 is 2.76 bits per heavy atom. The Labute approximate surface area is 131 Å². The minimum atomic E-state index is 0.117. The molecule has 2 fully saturated rings. The van der Waals surface area contributed by atoms with E-state index >= 15 is 0 Å². The summed E-state index contributed by atoms with van der Waals surface area (Å²) in [6.45, 7) is 1.74. The standard InChI is InChI=1S/C17H23ClN2O/c18-14-5-4-8-16(11-14)20-10-9-13(12-20)17(21)19-15-6-2-1-3-7-15/h4-5,8,11,13,15H,1-3,6-7,9-10,12H2,(H,19,21)/t13-/m0/s1. The van der Waals surface area contributed by atoms with Gasteiger partial charge in [0.1, 0.15) is 0 Å². The molecule has 0 radical (unpaired) electrons. The highest BCUT2D eigenvalue weighted by atomic mass is 35.5. The topological polar surface area (TPSA) is 32.3 Å². The Hall–Kier alpha value is -1.22.